The van der Waals surface area contributed by atoms with Crippen LogP contribution in [0.5, 0.6) is 0 Å². The zero-order valence-corrected chi connectivity index (χ0v) is 25.5. The number of rotatable bonds is 15. The SMILES string of the molecule is COC(=O)CO[C@@H]1OC(COP(=O)(OCc2ccccc2)OCc2ccccc2)[C@H](OC(C)=O)[C@@H](OC(C)=O)C1OC(C)=O. The average Bonchev–Trinajstić information content (AvgIpc) is 3.00. The first-order chi connectivity index (χ1) is 21.0. The molecule has 1 aliphatic rings. The number of ether oxygens (including phenoxy) is 6. The van der Waals surface area contributed by atoms with Gasteiger partial charge in [-0.25, -0.2) is 9.36 Å². The molecule has 0 N–H and O–H groups in total. The molecule has 0 spiro atoms. The Balaban J connectivity index is 1.90. The highest BCUT2D eigenvalue weighted by atomic mass is 31.2. The van der Waals surface area contributed by atoms with Crippen LogP contribution in [0.2, 0.25) is 0 Å². The quantitative estimate of drug-likeness (QED) is 0.158. The van der Waals surface area contributed by atoms with E-state index in [2.05, 4.69) is 4.74 Å². The lowest BCUT2D eigenvalue weighted by molar-refractivity contribution is -0.306. The van der Waals surface area contributed by atoms with Gasteiger partial charge in [-0.1, -0.05) is 60.7 Å². The molecule has 2 aromatic rings. The molecular weight excluding hydrogens is 603 g/mol. The number of carbonyl (C=O) groups excluding carboxylic acids is 4. The largest absolute Gasteiger partial charge is 0.475 e. The van der Waals surface area contributed by atoms with Crippen molar-refractivity contribution in [3.05, 3.63) is 71.8 Å². The smallest absolute Gasteiger partial charge is 0.467 e. The van der Waals surface area contributed by atoms with E-state index >= 15 is 0 Å². The lowest BCUT2D eigenvalue weighted by Crippen LogP contribution is -2.63. The van der Waals surface area contributed by atoms with Gasteiger partial charge in [0.15, 0.2) is 24.6 Å². The van der Waals surface area contributed by atoms with Crippen LogP contribution in [-0.4, -0.2) is 74.9 Å². The number of hydrogen-bond acceptors (Lipinski definition) is 14. The van der Waals surface area contributed by atoms with E-state index in [-0.39, 0.29) is 13.2 Å². The molecule has 0 saturated carbocycles. The van der Waals surface area contributed by atoms with Crippen LogP contribution in [0.25, 0.3) is 0 Å². The molecule has 0 amide bonds. The number of phosphoric ester groups is 1. The summed E-state index contributed by atoms with van der Waals surface area (Å²) in [6, 6.07) is 17.7. The number of carbonyl (C=O) groups is 4. The summed E-state index contributed by atoms with van der Waals surface area (Å²) in [6.45, 7) is 1.74. The third kappa shape index (κ3) is 11.1. The molecule has 240 valence electrons. The van der Waals surface area contributed by atoms with Crippen molar-refractivity contribution in [2.75, 3.05) is 20.3 Å². The van der Waals surface area contributed by atoms with Gasteiger partial charge in [-0.2, -0.15) is 0 Å². The van der Waals surface area contributed by atoms with E-state index in [0.717, 1.165) is 27.9 Å². The molecular formula is C29H35O14P. The van der Waals surface area contributed by atoms with E-state index in [9.17, 15) is 23.7 Å². The first kappa shape index (κ1) is 34.8. The normalized spacial score (nSPS) is 21.6. The standard InChI is InChI=1S/C29H35O14P/c1-19(30)40-26-24(43-29(36-18-25(33)35-4)28(42-21(3)32)27(26)41-20(2)31)17-39-44(34,37-15-22-11-7-5-8-12-22)38-16-23-13-9-6-10-14-23/h5-14,24,26-29H,15-18H2,1-4H3/t24?,26-,27+,28?,29+/m0/s1. The highest BCUT2D eigenvalue weighted by molar-refractivity contribution is 7.48. The van der Waals surface area contributed by atoms with Crippen LogP contribution in [0.1, 0.15) is 31.9 Å². The van der Waals surface area contributed by atoms with Crippen molar-refractivity contribution < 1.29 is 65.7 Å². The molecule has 15 heteroatoms. The Morgan fingerprint density at radius 1 is 0.705 bits per heavy atom. The van der Waals surface area contributed by atoms with Crippen LogP contribution in [0.4, 0.5) is 0 Å². The van der Waals surface area contributed by atoms with E-state index in [0.29, 0.717) is 11.1 Å². The molecule has 1 fully saturated rings. The fourth-order valence-electron chi connectivity index (χ4n) is 4.06. The Morgan fingerprint density at radius 2 is 1.18 bits per heavy atom. The Bertz CT molecular complexity index is 1240. The Morgan fingerprint density at radius 3 is 1.66 bits per heavy atom. The second-order valence-electron chi connectivity index (χ2n) is 9.41. The first-order valence-corrected chi connectivity index (χ1v) is 14.9. The average molecular weight is 639 g/mol. The molecule has 14 nitrogen and oxygen atoms in total. The topological polar surface area (TPSA) is 168 Å². The van der Waals surface area contributed by atoms with Crippen molar-refractivity contribution in [3.8, 4) is 0 Å². The molecule has 1 saturated heterocycles. The summed E-state index contributed by atoms with van der Waals surface area (Å²) in [4.78, 5) is 48.0. The predicted molar refractivity (Wildman–Crippen MR) is 149 cm³/mol. The summed E-state index contributed by atoms with van der Waals surface area (Å²) in [5.41, 5.74) is 1.36. The van der Waals surface area contributed by atoms with Crippen molar-refractivity contribution in [2.45, 2.75) is 64.7 Å². The second-order valence-corrected chi connectivity index (χ2v) is 11.1. The van der Waals surface area contributed by atoms with Crippen LogP contribution in [0.15, 0.2) is 60.7 Å². The third-order valence-corrected chi connectivity index (χ3v) is 7.31. The van der Waals surface area contributed by atoms with Crippen molar-refractivity contribution in [2.24, 2.45) is 0 Å². The van der Waals surface area contributed by atoms with Crippen LogP contribution in [0.3, 0.4) is 0 Å². The van der Waals surface area contributed by atoms with Gasteiger partial charge in [0.05, 0.1) is 26.9 Å². The summed E-state index contributed by atoms with van der Waals surface area (Å²) in [6.07, 6.45) is -7.32. The van der Waals surface area contributed by atoms with Crippen LogP contribution >= 0.6 is 7.82 Å². The predicted octanol–water partition coefficient (Wildman–Crippen LogP) is 3.25. The van der Waals surface area contributed by atoms with Gasteiger partial charge in [0, 0.05) is 20.8 Å². The fraction of sp³-hybridized carbons (Fsp3) is 0.448. The van der Waals surface area contributed by atoms with Crippen LogP contribution < -0.4 is 0 Å². The zero-order chi connectivity index (χ0) is 32.1. The Labute approximate surface area is 254 Å². The van der Waals surface area contributed by atoms with Gasteiger partial charge in [-0.05, 0) is 11.1 Å². The van der Waals surface area contributed by atoms with Gasteiger partial charge < -0.3 is 28.4 Å². The Kier molecular flexibility index (Phi) is 13.5. The third-order valence-electron chi connectivity index (χ3n) is 5.95. The summed E-state index contributed by atoms with van der Waals surface area (Å²) >= 11 is 0. The summed E-state index contributed by atoms with van der Waals surface area (Å²) < 4.78 is 62.9. The van der Waals surface area contributed by atoms with Gasteiger partial charge in [0.25, 0.3) is 0 Å². The lowest BCUT2D eigenvalue weighted by Gasteiger charge is -2.44. The van der Waals surface area contributed by atoms with E-state index in [1.807, 2.05) is 12.1 Å². The fourth-order valence-corrected chi connectivity index (χ4v) is 5.23. The maximum Gasteiger partial charge on any atom is 0.475 e. The zero-order valence-electron chi connectivity index (χ0n) is 24.7. The van der Waals surface area contributed by atoms with Crippen LogP contribution in [-0.2, 0) is 78.9 Å². The minimum Gasteiger partial charge on any atom is -0.467 e. The van der Waals surface area contributed by atoms with Crippen molar-refractivity contribution in [3.63, 3.8) is 0 Å². The van der Waals surface area contributed by atoms with Crippen molar-refractivity contribution in [1.29, 1.82) is 0 Å². The van der Waals surface area contributed by atoms with Crippen molar-refractivity contribution >= 4 is 31.7 Å². The van der Waals surface area contributed by atoms with Gasteiger partial charge in [-0.3, -0.25) is 28.0 Å². The summed E-state index contributed by atoms with van der Waals surface area (Å²) in [5.74, 6) is -3.23. The minimum atomic E-state index is -4.35. The number of benzene rings is 2. The number of phosphoric acid groups is 1. The molecule has 0 bridgehead atoms. The number of methoxy groups -OCH3 is 1. The highest BCUT2D eigenvalue weighted by Gasteiger charge is 2.53. The van der Waals surface area contributed by atoms with Crippen molar-refractivity contribution in [1.82, 2.24) is 0 Å². The Hall–Kier alpha value is -3.65. The molecule has 0 aliphatic carbocycles. The summed E-state index contributed by atoms with van der Waals surface area (Å²) in [7, 11) is -3.21. The van der Waals surface area contributed by atoms with Gasteiger partial charge in [-0.15, -0.1) is 0 Å². The van der Waals surface area contributed by atoms with E-state index < -0.39 is 75.6 Å². The molecule has 0 aromatic heterocycles. The van der Waals surface area contributed by atoms with E-state index in [1.165, 1.54) is 0 Å². The molecule has 0 radical (unpaired) electrons. The highest BCUT2D eigenvalue weighted by Crippen LogP contribution is 2.51. The molecule has 3 rings (SSSR count). The van der Waals surface area contributed by atoms with Gasteiger partial charge in [0.2, 0.25) is 0 Å². The van der Waals surface area contributed by atoms with E-state index in [1.54, 1.807) is 48.5 Å². The van der Waals surface area contributed by atoms with E-state index in [4.69, 9.17) is 37.3 Å². The number of hydrogen-bond donors (Lipinski definition) is 0. The molecule has 1 aliphatic heterocycles. The molecule has 2 unspecified atom stereocenters. The summed E-state index contributed by atoms with van der Waals surface area (Å²) in [5, 5.41) is 0. The molecule has 5 atom stereocenters. The number of esters is 4. The second kappa shape index (κ2) is 17.0. The first-order valence-electron chi connectivity index (χ1n) is 13.5. The minimum absolute atomic E-state index is 0.138. The maximum absolute atomic E-state index is 13.9. The molecule has 1 heterocycles. The molecule has 2 aromatic carbocycles. The van der Waals surface area contributed by atoms with Gasteiger partial charge in [0.1, 0.15) is 12.7 Å². The molecule has 44 heavy (non-hydrogen) atoms. The lowest BCUT2D eigenvalue weighted by atomic mass is 9.98. The maximum atomic E-state index is 13.9. The monoisotopic (exact) mass is 638 g/mol. The van der Waals surface area contributed by atoms with Crippen LogP contribution in [0, 0.1) is 0 Å². The van der Waals surface area contributed by atoms with Gasteiger partial charge >= 0.3 is 31.7 Å².